The van der Waals surface area contributed by atoms with Crippen molar-refractivity contribution in [2.45, 2.75) is 13.8 Å². The summed E-state index contributed by atoms with van der Waals surface area (Å²) in [7, 11) is 0. The van der Waals surface area contributed by atoms with Gasteiger partial charge in [0, 0.05) is 11.8 Å². The largest absolute Gasteiger partial charge is 0.291 e. The number of hydrogen-bond donors (Lipinski definition) is 2. The van der Waals surface area contributed by atoms with Crippen LogP contribution in [0, 0.1) is 13.8 Å². The van der Waals surface area contributed by atoms with E-state index in [-0.39, 0.29) is 5.56 Å². The fourth-order valence-electron chi connectivity index (χ4n) is 1.94. The lowest BCUT2D eigenvalue weighted by Crippen LogP contribution is -2.10. The highest BCUT2D eigenvalue weighted by atomic mass is 32.1. The first-order chi connectivity index (χ1) is 10.1. The molecule has 106 valence electrons. The molecule has 0 bridgehead atoms. The number of aromatic nitrogens is 3. The Morgan fingerprint density at radius 3 is 2.95 bits per heavy atom. The van der Waals surface area contributed by atoms with Crippen LogP contribution in [0.2, 0.25) is 0 Å². The third-order valence-electron chi connectivity index (χ3n) is 2.77. The summed E-state index contributed by atoms with van der Waals surface area (Å²) in [6, 6.07) is 7.38. The molecule has 0 saturated heterocycles. The van der Waals surface area contributed by atoms with Gasteiger partial charge in [-0.1, -0.05) is 6.07 Å². The summed E-state index contributed by atoms with van der Waals surface area (Å²) >= 11 is 1.66. The zero-order valence-electron chi connectivity index (χ0n) is 11.5. The number of benzene rings is 1. The Morgan fingerprint density at radius 1 is 1.29 bits per heavy atom. The monoisotopic (exact) mass is 299 g/mol. The summed E-state index contributed by atoms with van der Waals surface area (Å²) in [6.07, 6.45) is 1.66. The summed E-state index contributed by atoms with van der Waals surface area (Å²) < 4.78 is 1.15. The second kappa shape index (κ2) is 5.45. The van der Waals surface area contributed by atoms with Gasteiger partial charge in [0.25, 0.3) is 5.56 Å². The van der Waals surface area contributed by atoms with E-state index in [1.54, 1.807) is 24.5 Å². The van der Waals surface area contributed by atoms with E-state index in [0.717, 1.165) is 20.8 Å². The average molecular weight is 299 g/mol. The molecular formula is C14H13N5OS. The highest BCUT2D eigenvalue weighted by molar-refractivity contribution is 7.18. The summed E-state index contributed by atoms with van der Waals surface area (Å²) in [5.41, 5.74) is 5.03. The minimum Gasteiger partial charge on any atom is -0.291 e. The first-order valence-electron chi connectivity index (χ1n) is 6.34. The van der Waals surface area contributed by atoms with Gasteiger partial charge in [-0.05, 0) is 31.5 Å². The first kappa shape index (κ1) is 13.4. The Balaban J connectivity index is 1.79. The lowest BCUT2D eigenvalue weighted by atomic mass is 10.2. The average Bonchev–Trinajstić information content (AvgIpc) is 2.77. The molecular weight excluding hydrogens is 286 g/mol. The Bertz CT molecular complexity index is 880. The van der Waals surface area contributed by atoms with Gasteiger partial charge in [-0.2, -0.15) is 5.10 Å². The van der Waals surface area contributed by atoms with E-state index >= 15 is 0 Å². The molecule has 7 heteroatoms. The van der Waals surface area contributed by atoms with Crippen molar-refractivity contribution in [3.8, 4) is 0 Å². The van der Waals surface area contributed by atoms with E-state index in [2.05, 4.69) is 25.5 Å². The Kier molecular flexibility index (Phi) is 3.49. The Morgan fingerprint density at radius 2 is 2.14 bits per heavy atom. The molecule has 0 amide bonds. The van der Waals surface area contributed by atoms with Crippen LogP contribution in [0.25, 0.3) is 10.2 Å². The normalized spacial score (nSPS) is 11.3. The van der Waals surface area contributed by atoms with Crippen molar-refractivity contribution in [3.63, 3.8) is 0 Å². The number of rotatable bonds is 3. The lowest BCUT2D eigenvalue weighted by Gasteiger charge is -1.99. The highest BCUT2D eigenvalue weighted by Crippen LogP contribution is 2.21. The molecule has 3 rings (SSSR count). The van der Waals surface area contributed by atoms with Crippen molar-refractivity contribution in [1.29, 1.82) is 0 Å². The van der Waals surface area contributed by atoms with Gasteiger partial charge in [0.2, 0.25) is 5.95 Å². The van der Waals surface area contributed by atoms with Crippen LogP contribution in [-0.2, 0) is 0 Å². The molecule has 3 aromatic rings. The van der Waals surface area contributed by atoms with Crippen molar-refractivity contribution in [3.05, 3.63) is 50.9 Å². The Hall–Kier alpha value is -2.54. The summed E-state index contributed by atoms with van der Waals surface area (Å²) in [6.45, 7) is 3.74. The molecule has 2 aromatic heterocycles. The fraction of sp³-hybridized carbons (Fsp3) is 0.143. The first-order valence-corrected chi connectivity index (χ1v) is 7.16. The van der Waals surface area contributed by atoms with E-state index in [1.165, 1.54) is 6.07 Å². The van der Waals surface area contributed by atoms with Gasteiger partial charge in [-0.25, -0.2) is 15.4 Å². The van der Waals surface area contributed by atoms with Crippen molar-refractivity contribution in [2.75, 3.05) is 5.43 Å². The van der Waals surface area contributed by atoms with E-state index in [1.807, 2.05) is 25.1 Å². The SMILES string of the molecule is Cc1cc(=O)[nH]c(NN=Cc2ccc3sc(C)nc3c2)n1. The highest BCUT2D eigenvalue weighted by Gasteiger charge is 2.00. The number of anilines is 1. The van der Waals surface area contributed by atoms with Crippen molar-refractivity contribution < 1.29 is 0 Å². The third-order valence-corrected chi connectivity index (χ3v) is 3.72. The van der Waals surface area contributed by atoms with Gasteiger partial charge in [0.1, 0.15) is 0 Å². The minimum atomic E-state index is -0.209. The van der Waals surface area contributed by atoms with Gasteiger partial charge < -0.3 is 0 Å². The molecule has 0 unspecified atom stereocenters. The Labute approximate surface area is 124 Å². The van der Waals surface area contributed by atoms with E-state index < -0.39 is 0 Å². The number of aryl methyl sites for hydroxylation is 2. The van der Waals surface area contributed by atoms with Gasteiger partial charge in [0.05, 0.1) is 21.4 Å². The molecule has 0 saturated carbocycles. The maximum absolute atomic E-state index is 11.3. The van der Waals surface area contributed by atoms with Crippen LogP contribution in [0.3, 0.4) is 0 Å². The standard InChI is InChI=1S/C14H13N5OS/c1-8-5-13(20)18-14(16-8)19-15-7-10-3-4-12-11(6-10)17-9(2)21-12/h3-7H,1-2H3,(H2,16,18,19,20). The van der Waals surface area contributed by atoms with Crippen LogP contribution in [0.5, 0.6) is 0 Å². The quantitative estimate of drug-likeness (QED) is 0.575. The van der Waals surface area contributed by atoms with Crippen LogP contribution >= 0.6 is 11.3 Å². The van der Waals surface area contributed by atoms with Gasteiger partial charge in [-0.15, -0.1) is 11.3 Å². The van der Waals surface area contributed by atoms with Crippen molar-refractivity contribution in [1.82, 2.24) is 15.0 Å². The minimum absolute atomic E-state index is 0.209. The number of fused-ring (bicyclic) bond motifs is 1. The molecule has 2 heterocycles. The van der Waals surface area contributed by atoms with Crippen molar-refractivity contribution >= 4 is 33.7 Å². The fourth-order valence-corrected chi connectivity index (χ4v) is 2.75. The smallest absolute Gasteiger partial charge is 0.252 e. The zero-order chi connectivity index (χ0) is 14.8. The molecule has 1 aromatic carbocycles. The van der Waals surface area contributed by atoms with E-state index in [4.69, 9.17) is 0 Å². The number of hydrazone groups is 1. The van der Waals surface area contributed by atoms with E-state index in [0.29, 0.717) is 11.6 Å². The second-order valence-corrected chi connectivity index (χ2v) is 5.80. The van der Waals surface area contributed by atoms with Gasteiger partial charge in [0.15, 0.2) is 0 Å². The molecule has 0 aliphatic heterocycles. The molecule has 0 radical (unpaired) electrons. The number of nitrogens with zero attached hydrogens (tertiary/aromatic N) is 3. The van der Waals surface area contributed by atoms with Gasteiger partial charge >= 0.3 is 0 Å². The summed E-state index contributed by atoms with van der Waals surface area (Å²) in [4.78, 5) is 22.4. The number of hydrogen-bond acceptors (Lipinski definition) is 6. The van der Waals surface area contributed by atoms with Crippen LogP contribution in [0.4, 0.5) is 5.95 Å². The molecule has 6 nitrogen and oxygen atoms in total. The predicted molar refractivity (Wildman–Crippen MR) is 85.2 cm³/mol. The molecule has 0 aliphatic rings. The van der Waals surface area contributed by atoms with Crippen molar-refractivity contribution in [2.24, 2.45) is 5.10 Å². The number of H-pyrrole nitrogens is 1. The molecule has 0 atom stereocenters. The topological polar surface area (TPSA) is 83.0 Å². The molecule has 0 fully saturated rings. The molecule has 0 spiro atoms. The summed E-state index contributed by atoms with van der Waals surface area (Å²) in [5, 5.41) is 5.12. The van der Waals surface area contributed by atoms with Crippen LogP contribution < -0.4 is 11.0 Å². The van der Waals surface area contributed by atoms with E-state index in [9.17, 15) is 4.79 Å². The second-order valence-electron chi connectivity index (χ2n) is 4.57. The predicted octanol–water partition coefficient (Wildman–Crippen LogP) is 2.44. The van der Waals surface area contributed by atoms with Crippen LogP contribution in [0.1, 0.15) is 16.3 Å². The van der Waals surface area contributed by atoms with Gasteiger partial charge in [-0.3, -0.25) is 9.78 Å². The molecule has 21 heavy (non-hydrogen) atoms. The zero-order valence-corrected chi connectivity index (χ0v) is 12.4. The maximum atomic E-state index is 11.3. The number of nitrogens with one attached hydrogen (secondary N) is 2. The lowest BCUT2D eigenvalue weighted by molar-refractivity contribution is 1.04. The molecule has 0 aliphatic carbocycles. The molecule has 2 N–H and O–H groups in total. The number of thiazole rings is 1. The third kappa shape index (κ3) is 3.14. The van der Waals surface area contributed by atoms with Crippen LogP contribution in [-0.4, -0.2) is 21.2 Å². The summed E-state index contributed by atoms with van der Waals surface area (Å²) in [5.74, 6) is 0.321. The number of aromatic amines is 1. The maximum Gasteiger partial charge on any atom is 0.252 e. The van der Waals surface area contributed by atoms with Crippen LogP contribution in [0.15, 0.2) is 34.2 Å².